The highest BCUT2D eigenvalue weighted by molar-refractivity contribution is 5.36. The second-order valence-corrected chi connectivity index (χ2v) is 6.44. The Morgan fingerprint density at radius 1 is 1.22 bits per heavy atom. The van der Waals surface area contributed by atoms with Crippen LogP contribution in [0.2, 0.25) is 0 Å². The molecule has 3 heteroatoms. The molecular formula is C20H23F2N. The molecule has 0 saturated heterocycles. The van der Waals surface area contributed by atoms with Gasteiger partial charge in [0.25, 0.3) is 0 Å². The SMILES string of the molecule is [2H]C1([2H])CC2CC(/C=C/C)CCC2C([2H])([2H])C1c1cc(F)c(C#N)c(F)c1. The van der Waals surface area contributed by atoms with Crippen molar-refractivity contribution in [1.29, 1.82) is 5.26 Å². The summed E-state index contributed by atoms with van der Waals surface area (Å²) in [7, 11) is 0. The average Bonchev–Trinajstić information content (AvgIpc) is 2.53. The first-order valence-electron chi connectivity index (χ1n) is 10.1. The van der Waals surface area contributed by atoms with Crippen LogP contribution in [0.25, 0.3) is 0 Å². The van der Waals surface area contributed by atoms with E-state index in [2.05, 4.69) is 6.08 Å². The molecule has 3 rings (SSSR count). The maximum Gasteiger partial charge on any atom is 0.144 e. The maximum absolute atomic E-state index is 14.1. The van der Waals surface area contributed by atoms with Crippen molar-refractivity contribution in [2.45, 2.75) is 51.3 Å². The van der Waals surface area contributed by atoms with Crippen LogP contribution in [0.15, 0.2) is 24.3 Å². The third kappa shape index (κ3) is 3.32. The van der Waals surface area contributed by atoms with Gasteiger partial charge in [-0.25, -0.2) is 8.78 Å². The van der Waals surface area contributed by atoms with Gasteiger partial charge in [-0.05, 0) is 86.7 Å². The fraction of sp³-hybridized carbons (Fsp3) is 0.550. The lowest BCUT2D eigenvalue weighted by atomic mass is 9.64. The monoisotopic (exact) mass is 319 g/mol. The van der Waals surface area contributed by atoms with Crippen LogP contribution in [0.5, 0.6) is 0 Å². The number of allylic oxidation sites excluding steroid dienone is 2. The Hall–Kier alpha value is -1.69. The molecule has 0 bridgehead atoms. The van der Waals surface area contributed by atoms with Crippen LogP contribution >= 0.6 is 0 Å². The molecule has 2 aliphatic rings. The second-order valence-electron chi connectivity index (χ2n) is 6.44. The summed E-state index contributed by atoms with van der Waals surface area (Å²) >= 11 is 0. The average molecular weight is 319 g/mol. The van der Waals surface area contributed by atoms with Gasteiger partial charge >= 0.3 is 0 Å². The largest absolute Gasteiger partial charge is 0.205 e. The smallest absolute Gasteiger partial charge is 0.144 e. The number of hydrogen-bond donors (Lipinski definition) is 0. The molecule has 2 aliphatic carbocycles. The molecular weight excluding hydrogens is 292 g/mol. The van der Waals surface area contributed by atoms with Gasteiger partial charge in [0.2, 0.25) is 0 Å². The van der Waals surface area contributed by atoms with Crippen molar-refractivity contribution < 1.29 is 14.3 Å². The fourth-order valence-corrected chi connectivity index (χ4v) is 3.81. The van der Waals surface area contributed by atoms with Gasteiger partial charge in [-0.2, -0.15) is 5.26 Å². The molecule has 0 heterocycles. The summed E-state index contributed by atoms with van der Waals surface area (Å²) in [4.78, 5) is 0. The van der Waals surface area contributed by atoms with Crippen LogP contribution in [0.4, 0.5) is 8.78 Å². The van der Waals surface area contributed by atoms with Gasteiger partial charge in [0.15, 0.2) is 0 Å². The van der Waals surface area contributed by atoms with Gasteiger partial charge in [0.05, 0.1) is 0 Å². The van der Waals surface area contributed by atoms with Gasteiger partial charge in [0, 0.05) is 5.48 Å². The van der Waals surface area contributed by atoms with Crippen molar-refractivity contribution >= 4 is 0 Å². The molecule has 0 radical (unpaired) electrons. The summed E-state index contributed by atoms with van der Waals surface area (Å²) in [5.41, 5.74) is -0.770. The molecule has 4 atom stereocenters. The standard InChI is InChI=1S/C20H23F2N/c1-2-3-13-4-5-15-9-16(7-6-14(15)8-13)17-10-19(21)18(12-23)20(22)11-17/h2-3,10-11,13-16H,4-9H2,1H3/b3-2+/i7D2,9D2. The first-order valence-corrected chi connectivity index (χ1v) is 8.13. The van der Waals surface area contributed by atoms with Crippen LogP contribution in [0.3, 0.4) is 0 Å². The van der Waals surface area contributed by atoms with Crippen LogP contribution in [-0.2, 0) is 0 Å². The predicted molar refractivity (Wildman–Crippen MR) is 86.8 cm³/mol. The van der Waals surface area contributed by atoms with E-state index < -0.39 is 35.9 Å². The Labute approximate surface area is 142 Å². The fourth-order valence-electron chi connectivity index (χ4n) is 3.81. The molecule has 2 saturated carbocycles. The molecule has 0 amide bonds. The molecule has 2 fully saturated rings. The molecule has 0 aromatic heterocycles. The van der Waals surface area contributed by atoms with E-state index in [1.807, 2.05) is 13.0 Å². The second kappa shape index (κ2) is 6.83. The van der Waals surface area contributed by atoms with E-state index in [0.29, 0.717) is 12.3 Å². The molecule has 4 unspecified atom stereocenters. The van der Waals surface area contributed by atoms with Crippen molar-refractivity contribution in [3.8, 4) is 6.07 Å². The Bertz CT molecular complexity index is 777. The number of halogens is 2. The normalized spacial score (nSPS) is 37.8. The summed E-state index contributed by atoms with van der Waals surface area (Å²) in [6.07, 6.45) is 2.56. The van der Waals surface area contributed by atoms with E-state index in [-0.39, 0.29) is 23.8 Å². The van der Waals surface area contributed by atoms with Crippen molar-refractivity contribution in [2.75, 3.05) is 0 Å². The topological polar surface area (TPSA) is 23.8 Å². The number of rotatable bonds is 2. The van der Waals surface area contributed by atoms with Gasteiger partial charge in [-0.15, -0.1) is 0 Å². The van der Waals surface area contributed by atoms with E-state index in [1.165, 1.54) is 6.07 Å². The highest BCUT2D eigenvalue weighted by Gasteiger charge is 2.35. The molecule has 1 nitrogen and oxygen atoms in total. The molecule has 1 aromatic rings. The van der Waals surface area contributed by atoms with Crippen LogP contribution < -0.4 is 0 Å². The van der Waals surface area contributed by atoms with Crippen LogP contribution in [-0.4, -0.2) is 0 Å². The highest BCUT2D eigenvalue weighted by Crippen LogP contribution is 2.48. The third-order valence-corrected chi connectivity index (χ3v) is 4.96. The maximum atomic E-state index is 14.1. The molecule has 0 spiro atoms. The van der Waals surface area contributed by atoms with E-state index >= 15 is 0 Å². The summed E-state index contributed by atoms with van der Waals surface area (Å²) in [5.74, 6) is -3.55. The molecule has 0 N–H and O–H groups in total. The Morgan fingerprint density at radius 2 is 1.96 bits per heavy atom. The van der Waals surface area contributed by atoms with Gasteiger partial charge in [-0.3, -0.25) is 0 Å². The van der Waals surface area contributed by atoms with E-state index in [4.69, 9.17) is 10.7 Å². The molecule has 122 valence electrons. The minimum absolute atomic E-state index is 0.0481. The Balaban J connectivity index is 2.01. The number of hydrogen-bond acceptors (Lipinski definition) is 1. The minimum Gasteiger partial charge on any atom is -0.205 e. The van der Waals surface area contributed by atoms with Crippen molar-refractivity contribution in [2.24, 2.45) is 17.8 Å². The van der Waals surface area contributed by atoms with Gasteiger partial charge in [0.1, 0.15) is 23.3 Å². The van der Waals surface area contributed by atoms with Gasteiger partial charge in [-0.1, -0.05) is 12.2 Å². The zero-order valence-corrected chi connectivity index (χ0v) is 13.2. The Morgan fingerprint density at radius 3 is 2.61 bits per heavy atom. The van der Waals surface area contributed by atoms with E-state index in [0.717, 1.165) is 25.0 Å². The first-order chi connectivity index (χ1) is 12.6. The van der Waals surface area contributed by atoms with Crippen LogP contribution in [0, 0.1) is 40.7 Å². The van der Waals surface area contributed by atoms with E-state index in [1.54, 1.807) is 0 Å². The van der Waals surface area contributed by atoms with E-state index in [9.17, 15) is 8.78 Å². The third-order valence-electron chi connectivity index (χ3n) is 4.96. The highest BCUT2D eigenvalue weighted by atomic mass is 19.1. The molecule has 23 heavy (non-hydrogen) atoms. The minimum atomic E-state index is -1.93. The number of nitriles is 1. The van der Waals surface area contributed by atoms with Crippen molar-refractivity contribution in [3.05, 3.63) is 47.0 Å². The number of fused-ring (bicyclic) bond motifs is 1. The summed E-state index contributed by atoms with van der Waals surface area (Å²) in [6.45, 7) is 1.94. The lowest BCUT2D eigenvalue weighted by Crippen LogP contribution is -2.30. The Kier molecular flexibility index (Phi) is 3.50. The molecule has 1 aromatic carbocycles. The quantitative estimate of drug-likeness (QED) is 0.640. The summed E-state index contributed by atoms with van der Waals surface area (Å²) in [6, 6.07) is 3.30. The van der Waals surface area contributed by atoms with Crippen molar-refractivity contribution in [3.63, 3.8) is 0 Å². The zero-order valence-electron chi connectivity index (χ0n) is 17.2. The predicted octanol–water partition coefficient (Wildman–Crippen LogP) is 5.71. The lowest BCUT2D eigenvalue weighted by Gasteiger charge is -2.41. The van der Waals surface area contributed by atoms with Crippen LogP contribution in [0.1, 0.15) is 67.9 Å². The lowest BCUT2D eigenvalue weighted by molar-refractivity contribution is 0.133. The molecule has 0 aliphatic heterocycles. The van der Waals surface area contributed by atoms with Gasteiger partial charge < -0.3 is 0 Å². The zero-order chi connectivity index (χ0) is 20.0. The number of nitrogens with zero attached hydrogens (tertiary/aromatic N) is 1. The summed E-state index contributed by atoms with van der Waals surface area (Å²) < 4.78 is 62.7. The first kappa shape index (κ1) is 11.8. The summed E-state index contributed by atoms with van der Waals surface area (Å²) in [5, 5.41) is 8.85. The van der Waals surface area contributed by atoms with Crippen molar-refractivity contribution in [1.82, 2.24) is 0 Å². The number of benzene rings is 1.